The van der Waals surface area contributed by atoms with Crippen LogP contribution in [0.5, 0.6) is 0 Å². The van der Waals surface area contributed by atoms with E-state index in [4.69, 9.17) is 14.7 Å². The molecule has 1 saturated heterocycles. The van der Waals surface area contributed by atoms with Gasteiger partial charge < -0.3 is 15.0 Å². The summed E-state index contributed by atoms with van der Waals surface area (Å²) in [7, 11) is 0. The Hall–Kier alpha value is -2.92. The summed E-state index contributed by atoms with van der Waals surface area (Å²) >= 11 is 0. The SMILES string of the molecule is CC(Nc1nc(-c2ccccc2)cc(N2CCOCC2)n1)c1ccccc1. The van der Waals surface area contributed by atoms with Gasteiger partial charge in [-0.2, -0.15) is 4.98 Å². The van der Waals surface area contributed by atoms with Crippen molar-refractivity contribution in [2.75, 3.05) is 36.5 Å². The van der Waals surface area contributed by atoms with Gasteiger partial charge in [-0.1, -0.05) is 60.7 Å². The molecule has 1 N–H and O–H groups in total. The lowest BCUT2D eigenvalue weighted by Crippen LogP contribution is -2.37. The molecule has 0 bridgehead atoms. The molecular formula is C22H24N4O. The predicted molar refractivity (Wildman–Crippen MR) is 109 cm³/mol. The van der Waals surface area contributed by atoms with Crippen LogP contribution in [-0.4, -0.2) is 36.3 Å². The molecule has 1 fully saturated rings. The van der Waals surface area contributed by atoms with Crippen molar-refractivity contribution in [2.24, 2.45) is 0 Å². The van der Waals surface area contributed by atoms with Gasteiger partial charge >= 0.3 is 0 Å². The summed E-state index contributed by atoms with van der Waals surface area (Å²) in [6.45, 7) is 5.28. The monoisotopic (exact) mass is 360 g/mol. The minimum Gasteiger partial charge on any atom is -0.378 e. The summed E-state index contributed by atoms with van der Waals surface area (Å²) in [6, 6.07) is 22.8. The van der Waals surface area contributed by atoms with E-state index in [9.17, 15) is 0 Å². The van der Waals surface area contributed by atoms with Crippen LogP contribution in [0.2, 0.25) is 0 Å². The number of aromatic nitrogens is 2. The van der Waals surface area contributed by atoms with E-state index < -0.39 is 0 Å². The highest BCUT2D eigenvalue weighted by atomic mass is 16.5. The Morgan fingerprint density at radius 3 is 2.30 bits per heavy atom. The molecule has 0 spiro atoms. The molecule has 1 atom stereocenters. The molecule has 1 aliphatic rings. The standard InChI is InChI=1S/C22H24N4O/c1-17(18-8-4-2-5-9-18)23-22-24-20(19-10-6-3-7-11-19)16-21(25-22)26-12-14-27-15-13-26/h2-11,16-17H,12-15H2,1H3,(H,23,24,25). The molecule has 3 aromatic rings. The molecule has 0 saturated carbocycles. The van der Waals surface area contributed by atoms with Crippen molar-refractivity contribution >= 4 is 11.8 Å². The number of ether oxygens (including phenoxy) is 1. The van der Waals surface area contributed by atoms with Crippen molar-refractivity contribution in [1.82, 2.24) is 9.97 Å². The summed E-state index contributed by atoms with van der Waals surface area (Å²) in [6.07, 6.45) is 0. The van der Waals surface area contributed by atoms with Gasteiger partial charge in [0.25, 0.3) is 0 Å². The fourth-order valence-electron chi connectivity index (χ4n) is 3.23. The molecule has 4 rings (SSSR count). The van der Waals surface area contributed by atoms with Crippen molar-refractivity contribution in [3.63, 3.8) is 0 Å². The molecule has 5 nitrogen and oxygen atoms in total. The van der Waals surface area contributed by atoms with E-state index in [0.29, 0.717) is 5.95 Å². The molecule has 0 aliphatic carbocycles. The van der Waals surface area contributed by atoms with Gasteiger partial charge in [-0.05, 0) is 12.5 Å². The number of anilines is 2. The Bertz CT molecular complexity index is 864. The lowest BCUT2D eigenvalue weighted by atomic mass is 10.1. The molecule has 1 aromatic heterocycles. The first kappa shape index (κ1) is 17.5. The molecule has 1 unspecified atom stereocenters. The van der Waals surface area contributed by atoms with Gasteiger partial charge in [0.2, 0.25) is 5.95 Å². The van der Waals surface area contributed by atoms with Crippen LogP contribution in [-0.2, 0) is 4.74 Å². The van der Waals surface area contributed by atoms with E-state index in [1.165, 1.54) is 5.56 Å². The molecule has 0 amide bonds. The predicted octanol–water partition coefficient (Wildman–Crippen LogP) is 4.15. The molecule has 1 aliphatic heterocycles. The maximum absolute atomic E-state index is 5.49. The first-order chi connectivity index (χ1) is 13.3. The van der Waals surface area contributed by atoms with Gasteiger partial charge in [0.05, 0.1) is 24.9 Å². The highest BCUT2D eigenvalue weighted by Crippen LogP contribution is 2.26. The normalized spacial score (nSPS) is 15.4. The molecular weight excluding hydrogens is 336 g/mol. The van der Waals surface area contributed by atoms with E-state index in [1.807, 2.05) is 36.4 Å². The second-order valence-electron chi connectivity index (χ2n) is 6.68. The Kier molecular flexibility index (Phi) is 5.30. The van der Waals surface area contributed by atoms with Crippen LogP contribution in [0.3, 0.4) is 0 Å². The van der Waals surface area contributed by atoms with E-state index in [1.54, 1.807) is 0 Å². The van der Waals surface area contributed by atoms with Gasteiger partial charge in [-0.25, -0.2) is 4.98 Å². The second kappa shape index (κ2) is 8.18. The van der Waals surface area contributed by atoms with E-state index >= 15 is 0 Å². The van der Waals surface area contributed by atoms with Crippen LogP contribution in [0.25, 0.3) is 11.3 Å². The Morgan fingerprint density at radius 2 is 1.59 bits per heavy atom. The second-order valence-corrected chi connectivity index (χ2v) is 6.68. The Balaban J connectivity index is 1.67. The number of nitrogens with one attached hydrogen (secondary N) is 1. The van der Waals surface area contributed by atoms with Gasteiger partial charge in [-0.15, -0.1) is 0 Å². The van der Waals surface area contributed by atoms with Crippen molar-refractivity contribution in [2.45, 2.75) is 13.0 Å². The Morgan fingerprint density at radius 1 is 0.926 bits per heavy atom. The number of rotatable bonds is 5. The average molecular weight is 360 g/mol. The Labute approximate surface area is 160 Å². The third-order valence-corrected chi connectivity index (χ3v) is 4.76. The zero-order chi connectivity index (χ0) is 18.5. The van der Waals surface area contributed by atoms with Crippen molar-refractivity contribution in [3.8, 4) is 11.3 Å². The third-order valence-electron chi connectivity index (χ3n) is 4.76. The highest BCUT2D eigenvalue weighted by molar-refractivity contribution is 5.65. The van der Waals surface area contributed by atoms with Crippen LogP contribution < -0.4 is 10.2 Å². The summed E-state index contributed by atoms with van der Waals surface area (Å²) in [5.41, 5.74) is 3.22. The van der Waals surface area contributed by atoms with Crippen molar-refractivity contribution < 1.29 is 4.74 Å². The minimum absolute atomic E-state index is 0.120. The van der Waals surface area contributed by atoms with E-state index in [0.717, 1.165) is 43.4 Å². The number of hydrogen-bond acceptors (Lipinski definition) is 5. The molecule has 138 valence electrons. The van der Waals surface area contributed by atoms with E-state index in [-0.39, 0.29) is 6.04 Å². The zero-order valence-corrected chi connectivity index (χ0v) is 15.5. The number of nitrogens with zero attached hydrogens (tertiary/aromatic N) is 3. The zero-order valence-electron chi connectivity index (χ0n) is 15.5. The fraction of sp³-hybridized carbons (Fsp3) is 0.273. The minimum atomic E-state index is 0.120. The molecule has 2 aromatic carbocycles. The fourth-order valence-corrected chi connectivity index (χ4v) is 3.23. The third kappa shape index (κ3) is 4.26. The summed E-state index contributed by atoms with van der Waals surface area (Å²) in [5, 5.41) is 3.47. The van der Waals surface area contributed by atoms with E-state index in [2.05, 4.69) is 47.5 Å². The lowest BCUT2D eigenvalue weighted by molar-refractivity contribution is 0.122. The van der Waals surface area contributed by atoms with Gasteiger partial charge in [0.15, 0.2) is 0 Å². The number of hydrogen-bond donors (Lipinski definition) is 1. The van der Waals surface area contributed by atoms with Gasteiger partial charge in [0, 0.05) is 24.7 Å². The van der Waals surface area contributed by atoms with Crippen LogP contribution in [0.15, 0.2) is 66.7 Å². The molecule has 5 heteroatoms. The number of morpholine rings is 1. The topological polar surface area (TPSA) is 50.3 Å². The summed E-state index contributed by atoms with van der Waals surface area (Å²) < 4.78 is 5.49. The van der Waals surface area contributed by atoms with Crippen molar-refractivity contribution in [3.05, 3.63) is 72.3 Å². The molecule has 0 radical (unpaired) electrons. The summed E-state index contributed by atoms with van der Waals surface area (Å²) in [5.74, 6) is 1.59. The lowest BCUT2D eigenvalue weighted by Gasteiger charge is -2.28. The maximum Gasteiger partial charge on any atom is 0.225 e. The summed E-state index contributed by atoms with van der Waals surface area (Å²) in [4.78, 5) is 11.8. The van der Waals surface area contributed by atoms with Crippen LogP contribution in [0.4, 0.5) is 11.8 Å². The van der Waals surface area contributed by atoms with Crippen LogP contribution in [0.1, 0.15) is 18.5 Å². The van der Waals surface area contributed by atoms with Gasteiger partial charge in [0.1, 0.15) is 5.82 Å². The largest absolute Gasteiger partial charge is 0.378 e. The molecule has 2 heterocycles. The maximum atomic E-state index is 5.49. The van der Waals surface area contributed by atoms with Crippen molar-refractivity contribution in [1.29, 1.82) is 0 Å². The first-order valence-electron chi connectivity index (χ1n) is 9.38. The average Bonchev–Trinajstić information content (AvgIpc) is 2.75. The quantitative estimate of drug-likeness (QED) is 0.741. The smallest absolute Gasteiger partial charge is 0.225 e. The van der Waals surface area contributed by atoms with Gasteiger partial charge in [-0.3, -0.25) is 0 Å². The van der Waals surface area contributed by atoms with Crippen LogP contribution >= 0.6 is 0 Å². The number of benzene rings is 2. The highest BCUT2D eigenvalue weighted by Gasteiger charge is 2.16. The van der Waals surface area contributed by atoms with Crippen LogP contribution in [0, 0.1) is 0 Å². The molecule has 27 heavy (non-hydrogen) atoms. The first-order valence-corrected chi connectivity index (χ1v) is 9.38.